The van der Waals surface area contributed by atoms with Crippen molar-refractivity contribution in [3.05, 3.63) is 65.2 Å². The average Bonchev–Trinajstić information content (AvgIpc) is 2.49. The predicted octanol–water partition coefficient (Wildman–Crippen LogP) is 3.85. The highest BCUT2D eigenvalue weighted by Crippen LogP contribution is 2.18. The number of carbonyl (C=O) groups is 1. The summed E-state index contributed by atoms with van der Waals surface area (Å²) in [5.41, 5.74) is 7.12. The molecule has 0 aromatic heterocycles. The zero-order chi connectivity index (χ0) is 15.2. The summed E-state index contributed by atoms with van der Waals surface area (Å²) < 4.78 is 0. The Morgan fingerprint density at radius 1 is 0.952 bits per heavy atom. The highest BCUT2D eigenvalue weighted by atomic mass is 16.2. The van der Waals surface area contributed by atoms with E-state index in [0.29, 0.717) is 0 Å². The molecule has 21 heavy (non-hydrogen) atoms. The lowest BCUT2D eigenvalue weighted by molar-refractivity contribution is 0.252. The molecule has 0 heterocycles. The Morgan fingerprint density at radius 2 is 1.57 bits per heavy atom. The van der Waals surface area contributed by atoms with Crippen LogP contribution in [0.15, 0.2) is 53.6 Å². The standard InChI is InChI=1S/C17H19N3O/c1-12-8-7-9-13(2)16(12)18-17(21)20-19-14(3)15-10-5-4-6-11-15/h4-11H,1-3H3,(H2,18,20,21)/b19-14+. The normalized spacial score (nSPS) is 11.1. The summed E-state index contributed by atoms with van der Waals surface area (Å²) in [6, 6.07) is 15.2. The molecule has 0 spiro atoms. The minimum absolute atomic E-state index is 0.345. The van der Waals surface area contributed by atoms with Gasteiger partial charge in [0.05, 0.1) is 5.71 Å². The molecule has 0 aliphatic rings. The van der Waals surface area contributed by atoms with E-state index in [2.05, 4.69) is 15.8 Å². The van der Waals surface area contributed by atoms with Gasteiger partial charge in [0.25, 0.3) is 0 Å². The molecule has 0 saturated heterocycles. The van der Waals surface area contributed by atoms with Gasteiger partial charge in [0.2, 0.25) is 0 Å². The van der Waals surface area contributed by atoms with Crippen LogP contribution in [-0.4, -0.2) is 11.7 Å². The lowest BCUT2D eigenvalue weighted by Crippen LogP contribution is -2.26. The van der Waals surface area contributed by atoms with E-state index in [4.69, 9.17) is 0 Å². The number of hydrazone groups is 1. The highest BCUT2D eigenvalue weighted by molar-refractivity contribution is 6.00. The first-order chi connectivity index (χ1) is 10.1. The van der Waals surface area contributed by atoms with Crippen LogP contribution in [0.1, 0.15) is 23.6 Å². The lowest BCUT2D eigenvalue weighted by Gasteiger charge is -2.11. The molecule has 2 amide bonds. The van der Waals surface area contributed by atoms with E-state index >= 15 is 0 Å². The van der Waals surface area contributed by atoms with E-state index in [0.717, 1.165) is 28.1 Å². The summed E-state index contributed by atoms with van der Waals surface area (Å²) in [5, 5.41) is 6.93. The number of hydrogen-bond donors (Lipinski definition) is 2. The second-order valence-electron chi connectivity index (χ2n) is 4.90. The summed E-state index contributed by atoms with van der Waals surface area (Å²) >= 11 is 0. The van der Waals surface area contributed by atoms with Crippen LogP contribution in [0.25, 0.3) is 0 Å². The van der Waals surface area contributed by atoms with Gasteiger partial charge in [-0.15, -0.1) is 0 Å². The van der Waals surface area contributed by atoms with Gasteiger partial charge in [0.15, 0.2) is 0 Å². The monoisotopic (exact) mass is 281 g/mol. The van der Waals surface area contributed by atoms with E-state index in [1.54, 1.807) is 0 Å². The van der Waals surface area contributed by atoms with Crippen LogP contribution in [0.2, 0.25) is 0 Å². The number of amides is 2. The maximum Gasteiger partial charge on any atom is 0.339 e. The number of aryl methyl sites for hydroxylation is 2. The summed E-state index contributed by atoms with van der Waals surface area (Å²) in [7, 11) is 0. The van der Waals surface area contributed by atoms with Gasteiger partial charge in [-0.2, -0.15) is 5.10 Å². The number of urea groups is 1. The van der Waals surface area contributed by atoms with Crippen LogP contribution in [0.3, 0.4) is 0 Å². The fourth-order valence-corrected chi connectivity index (χ4v) is 2.03. The van der Waals surface area contributed by atoms with Gasteiger partial charge in [-0.3, -0.25) is 0 Å². The van der Waals surface area contributed by atoms with Gasteiger partial charge in [0, 0.05) is 5.69 Å². The Labute approximate surface area is 124 Å². The van der Waals surface area contributed by atoms with Gasteiger partial charge in [0.1, 0.15) is 0 Å². The predicted molar refractivity (Wildman–Crippen MR) is 86.7 cm³/mol. The zero-order valence-corrected chi connectivity index (χ0v) is 12.5. The molecule has 0 saturated carbocycles. The molecule has 2 rings (SSSR count). The first-order valence-electron chi connectivity index (χ1n) is 6.81. The second-order valence-corrected chi connectivity index (χ2v) is 4.90. The molecule has 0 bridgehead atoms. The van der Waals surface area contributed by atoms with Crippen molar-refractivity contribution >= 4 is 17.4 Å². The number of para-hydroxylation sites is 1. The molecule has 2 aromatic carbocycles. The molecule has 2 N–H and O–H groups in total. The van der Waals surface area contributed by atoms with Crippen LogP contribution in [-0.2, 0) is 0 Å². The number of nitrogens with one attached hydrogen (secondary N) is 2. The zero-order valence-electron chi connectivity index (χ0n) is 12.5. The average molecular weight is 281 g/mol. The largest absolute Gasteiger partial charge is 0.339 e. The lowest BCUT2D eigenvalue weighted by atomic mass is 10.1. The Balaban J connectivity index is 2.03. The van der Waals surface area contributed by atoms with E-state index in [1.165, 1.54) is 0 Å². The third-order valence-corrected chi connectivity index (χ3v) is 3.24. The number of benzene rings is 2. The topological polar surface area (TPSA) is 53.5 Å². The molecule has 4 heteroatoms. The first kappa shape index (κ1) is 14.8. The van der Waals surface area contributed by atoms with Gasteiger partial charge in [-0.25, -0.2) is 10.2 Å². The highest BCUT2D eigenvalue weighted by Gasteiger charge is 2.06. The minimum Gasteiger partial charge on any atom is -0.306 e. The molecule has 108 valence electrons. The minimum atomic E-state index is -0.345. The Bertz CT molecular complexity index is 643. The molecule has 0 aliphatic heterocycles. The summed E-state index contributed by atoms with van der Waals surface area (Å²) in [4.78, 5) is 11.9. The molecule has 0 fully saturated rings. The van der Waals surface area contributed by atoms with Gasteiger partial charge in [-0.1, -0.05) is 48.5 Å². The molecule has 0 unspecified atom stereocenters. The summed E-state index contributed by atoms with van der Waals surface area (Å²) in [5.74, 6) is 0. The first-order valence-corrected chi connectivity index (χ1v) is 6.81. The number of anilines is 1. The number of hydrogen-bond acceptors (Lipinski definition) is 2. The third kappa shape index (κ3) is 3.92. The number of nitrogens with zero attached hydrogens (tertiary/aromatic N) is 1. The molecular formula is C17H19N3O. The van der Waals surface area contributed by atoms with Crippen molar-refractivity contribution in [3.63, 3.8) is 0 Å². The quantitative estimate of drug-likeness (QED) is 0.651. The molecular weight excluding hydrogens is 262 g/mol. The molecule has 0 aliphatic carbocycles. The van der Waals surface area contributed by atoms with Gasteiger partial charge < -0.3 is 5.32 Å². The maximum absolute atomic E-state index is 11.9. The molecule has 0 radical (unpaired) electrons. The van der Waals surface area contributed by atoms with Crippen LogP contribution < -0.4 is 10.7 Å². The Morgan fingerprint density at radius 3 is 2.19 bits per heavy atom. The van der Waals surface area contributed by atoms with Crippen molar-refractivity contribution in [1.29, 1.82) is 0 Å². The van der Waals surface area contributed by atoms with Crippen molar-refractivity contribution in [2.24, 2.45) is 5.10 Å². The SMILES string of the molecule is C/C(=N\NC(=O)Nc1c(C)cccc1C)c1ccccc1. The van der Waals surface area contributed by atoms with Crippen LogP contribution in [0.4, 0.5) is 10.5 Å². The Hall–Kier alpha value is -2.62. The fourth-order valence-electron chi connectivity index (χ4n) is 2.03. The fraction of sp³-hybridized carbons (Fsp3) is 0.176. The van der Waals surface area contributed by atoms with E-state index in [-0.39, 0.29) is 6.03 Å². The van der Waals surface area contributed by atoms with Crippen molar-refractivity contribution < 1.29 is 4.79 Å². The van der Waals surface area contributed by atoms with E-state index < -0.39 is 0 Å². The number of rotatable bonds is 3. The smallest absolute Gasteiger partial charge is 0.306 e. The van der Waals surface area contributed by atoms with Crippen LogP contribution in [0, 0.1) is 13.8 Å². The molecule has 4 nitrogen and oxygen atoms in total. The van der Waals surface area contributed by atoms with Gasteiger partial charge in [-0.05, 0) is 37.5 Å². The van der Waals surface area contributed by atoms with Crippen LogP contribution in [0.5, 0.6) is 0 Å². The maximum atomic E-state index is 11.9. The third-order valence-electron chi connectivity index (χ3n) is 3.24. The van der Waals surface area contributed by atoms with Crippen molar-refractivity contribution in [2.45, 2.75) is 20.8 Å². The molecule has 0 atom stereocenters. The van der Waals surface area contributed by atoms with Crippen LogP contribution >= 0.6 is 0 Å². The summed E-state index contributed by atoms with van der Waals surface area (Å²) in [6.07, 6.45) is 0. The summed E-state index contributed by atoms with van der Waals surface area (Å²) in [6.45, 7) is 5.77. The van der Waals surface area contributed by atoms with Gasteiger partial charge >= 0.3 is 6.03 Å². The van der Waals surface area contributed by atoms with E-state index in [9.17, 15) is 4.79 Å². The second kappa shape index (κ2) is 6.70. The van der Waals surface area contributed by atoms with Crippen molar-refractivity contribution in [1.82, 2.24) is 5.43 Å². The molecule has 2 aromatic rings. The van der Waals surface area contributed by atoms with Crippen molar-refractivity contribution in [3.8, 4) is 0 Å². The van der Waals surface area contributed by atoms with Crippen molar-refractivity contribution in [2.75, 3.05) is 5.32 Å². The van der Waals surface area contributed by atoms with E-state index in [1.807, 2.05) is 69.3 Å². The number of carbonyl (C=O) groups excluding carboxylic acids is 1. The Kier molecular flexibility index (Phi) is 4.72.